The second-order valence-corrected chi connectivity index (χ2v) is 9.71. The number of halogens is 2. The van der Waals surface area contributed by atoms with E-state index in [1.165, 1.54) is 24.1 Å². The number of nitrogens with zero attached hydrogens (tertiary/aromatic N) is 1. The molecule has 192 valence electrons. The Morgan fingerprint density at radius 3 is 2.24 bits per heavy atom. The third kappa shape index (κ3) is 5.04. The summed E-state index contributed by atoms with van der Waals surface area (Å²) in [5.41, 5.74) is 2.36. The molecule has 1 amide bonds. The van der Waals surface area contributed by atoms with Crippen molar-refractivity contribution in [1.82, 2.24) is 0 Å². The van der Waals surface area contributed by atoms with E-state index in [0.29, 0.717) is 29.5 Å². The fraction of sp³-hybridized carbons (Fsp3) is 0.241. The molecule has 0 bridgehead atoms. The Balaban J connectivity index is 1.94. The van der Waals surface area contributed by atoms with Crippen LogP contribution in [0.4, 0.5) is 5.69 Å². The van der Waals surface area contributed by atoms with Crippen LogP contribution in [0.25, 0.3) is 5.76 Å². The highest BCUT2D eigenvalue weighted by atomic mass is 35.5. The van der Waals surface area contributed by atoms with Gasteiger partial charge in [0.1, 0.15) is 11.5 Å². The van der Waals surface area contributed by atoms with Crippen LogP contribution in [-0.2, 0) is 9.59 Å². The molecule has 1 atom stereocenters. The van der Waals surface area contributed by atoms with Crippen molar-refractivity contribution in [3.63, 3.8) is 0 Å². The van der Waals surface area contributed by atoms with E-state index < -0.39 is 17.7 Å². The molecule has 6 nitrogen and oxygen atoms in total. The standard InChI is InChI=1S/C29H27Cl2NO5/c1-5-37-21-8-6-7-20(15-21)32-25(18-11-9-17(10-12-18)16(2)3)24(27(34)29(32)35)26(33)19-13-22(30)28(36-4)23(31)14-19/h6-16,25,33H,5H2,1-4H3/b26-24+. The van der Waals surface area contributed by atoms with Crippen LogP contribution in [0.1, 0.15) is 49.4 Å². The molecule has 1 saturated heterocycles. The molecule has 0 aromatic heterocycles. The number of ketones is 1. The SMILES string of the molecule is CCOc1cccc(N2C(=O)C(=O)/C(=C(/O)c3cc(Cl)c(OC)c(Cl)c3)C2c2ccc(C(C)C)cc2)c1. The quantitative estimate of drug-likeness (QED) is 0.196. The van der Waals surface area contributed by atoms with E-state index in [2.05, 4.69) is 13.8 Å². The molecule has 0 saturated carbocycles. The molecule has 37 heavy (non-hydrogen) atoms. The average Bonchev–Trinajstić information content (AvgIpc) is 3.14. The molecule has 0 aliphatic carbocycles. The summed E-state index contributed by atoms with van der Waals surface area (Å²) in [6.07, 6.45) is 0. The van der Waals surface area contributed by atoms with Crippen LogP contribution < -0.4 is 14.4 Å². The van der Waals surface area contributed by atoms with Gasteiger partial charge < -0.3 is 14.6 Å². The fourth-order valence-electron chi connectivity index (χ4n) is 4.41. The third-order valence-electron chi connectivity index (χ3n) is 6.25. The molecule has 1 fully saturated rings. The summed E-state index contributed by atoms with van der Waals surface area (Å²) in [5, 5.41) is 11.7. The van der Waals surface area contributed by atoms with E-state index in [-0.39, 0.29) is 32.7 Å². The van der Waals surface area contributed by atoms with Gasteiger partial charge in [0, 0.05) is 17.3 Å². The van der Waals surface area contributed by atoms with E-state index in [1.807, 2.05) is 31.2 Å². The lowest BCUT2D eigenvalue weighted by atomic mass is 9.93. The van der Waals surface area contributed by atoms with E-state index >= 15 is 0 Å². The zero-order valence-electron chi connectivity index (χ0n) is 20.9. The normalized spacial score (nSPS) is 16.9. The molecule has 3 aromatic rings. The predicted octanol–water partition coefficient (Wildman–Crippen LogP) is 7.15. The Bertz CT molecular complexity index is 1360. The van der Waals surface area contributed by atoms with Gasteiger partial charge in [-0.2, -0.15) is 0 Å². The van der Waals surface area contributed by atoms with Crippen LogP contribution in [0.2, 0.25) is 10.0 Å². The number of hydrogen-bond acceptors (Lipinski definition) is 5. The van der Waals surface area contributed by atoms with Crippen molar-refractivity contribution in [3.05, 3.63) is 93.0 Å². The fourth-order valence-corrected chi connectivity index (χ4v) is 5.06. The van der Waals surface area contributed by atoms with Crippen LogP contribution >= 0.6 is 23.2 Å². The van der Waals surface area contributed by atoms with Gasteiger partial charge in [0.2, 0.25) is 0 Å². The molecule has 4 rings (SSSR count). The number of amides is 1. The first kappa shape index (κ1) is 26.6. The highest BCUT2D eigenvalue weighted by Gasteiger charge is 2.47. The van der Waals surface area contributed by atoms with Gasteiger partial charge >= 0.3 is 0 Å². The number of carbonyl (C=O) groups is 2. The molecular weight excluding hydrogens is 513 g/mol. The van der Waals surface area contributed by atoms with Crippen molar-refractivity contribution in [3.8, 4) is 11.5 Å². The van der Waals surface area contributed by atoms with E-state index in [0.717, 1.165) is 5.56 Å². The lowest BCUT2D eigenvalue weighted by Gasteiger charge is -2.26. The van der Waals surface area contributed by atoms with Crippen molar-refractivity contribution in [2.45, 2.75) is 32.7 Å². The number of methoxy groups -OCH3 is 1. The van der Waals surface area contributed by atoms with E-state index in [1.54, 1.807) is 24.3 Å². The molecule has 1 heterocycles. The van der Waals surface area contributed by atoms with Gasteiger partial charge in [0.15, 0.2) is 5.75 Å². The number of Topliss-reactive ketones (excluding diaryl/α,β-unsaturated/α-hetero) is 1. The number of benzene rings is 3. The minimum absolute atomic E-state index is 0.0681. The van der Waals surface area contributed by atoms with Crippen molar-refractivity contribution in [2.24, 2.45) is 0 Å². The first-order valence-electron chi connectivity index (χ1n) is 11.8. The number of aliphatic hydroxyl groups excluding tert-OH is 1. The monoisotopic (exact) mass is 539 g/mol. The summed E-state index contributed by atoms with van der Waals surface area (Å²) in [6.45, 7) is 6.47. The van der Waals surface area contributed by atoms with Crippen molar-refractivity contribution in [1.29, 1.82) is 0 Å². The Morgan fingerprint density at radius 1 is 1.03 bits per heavy atom. The summed E-state index contributed by atoms with van der Waals surface area (Å²) in [5.74, 6) is -0.865. The Labute approximate surface area is 226 Å². The largest absolute Gasteiger partial charge is 0.507 e. The molecule has 0 spiro atoms. The highest BCUT2D eigenvalue weighted by Crippen LogP contribution is 2.44. The molecule has 8 heteroatoms. The molecule has 1 aliphatic heterocycles. The molecule has 1 aliphatic rings. The second kappa shape index (κ2) is 10.9. The maximum atomic E-state index is 13.4. The Kier molecular flexibility index (Phi) is 7.81. The Morgan fingerprint density at radius 2 is 1.68 bits per heavy atom. The topological polar surface area (TPSA) is 76.1 Å². The average molecular weight is 540 g/mol. The first-order valence-corrected chi connectivity index (χ1v) is 12.6. The molecule has 0 radical (unpaired) electrons. The maximum absolute atomic E-state index is 13.4. The van der Waals surface area contributed by atoms with Crippen LogP contribution in [0.15, 0.2) is 66.2 Å². The van der Waals surface area contributed by atoms with Crippen LogP contribution in [0.5, 0.6) is 11.5 Å². The predicted molar refractivity (Wildman–Crippen MR) is 146 cm³/mol. The summed E-state index contributed by atoms with van der Waals surface area (Å²) in [7, 11) is 1.43. The number of carbonyl (C=O) groups excluding carboxylic acids is 2. The number of aliphatic hydroxyl groups is 1. The van der Waals surface area contributed by atoms with Crippen molar-refractivity contribution >= 4 is 46.3 Å². The smallest absolute Gasteiger partial charge is 0.300 e. The van der Waals surface area contributed by atoms with E-state index in [9.17, 15) is 14.7 Å². The third-order valence-corrected chi connectivity index (χ3v) is 6.81. The lowest BCUT2D eigenvalue weighted by molar-refractivity contribution is -0.132. The van der Waals surface area contributed by atoms with Gasteiger partial charge in [-0.3, -0.25) is 14.5 Å². The molecule has 1 unspecified atom stereocenters. The Hall–Kier alpha value is -3.48. The van der Waals surface area contributed by atoms with Crippen LogP contribution in [0.3, 0.4) is 0 Å². The van der Waals surface area contributed by atoms with Crippen LogP contribution in [-0.4, -0.2) is 30.5 Å². The summed E-state index contributed by atoms with van der Waals surface area (Å²) in [4.78, 5) is 28.3. The zero-order chi connectivity index (χ0) is 26.9. The minimum atomic E-state index is -0.891. The molecular formula is C29H27Cl2NO5. The van der Waals surface area contributed by atoms with Crippen molar-refractivity contribution in [2.75, 3.05) is 18.6 Å². The number of rotatable bonds is 7. The molecule has 1 N–H and O–H groups in total. The van der Waals surface area contributed by atoms with Gasteiger partial charge in [0.05, 0.1) is 35.4 Å². The summed E-state index contributed by atoms with van der Waals surface area (Å²) in [6, 6.07) is 16.6. The first-order chi connectivity index (χ1) is 17.7. The summed E-state index contributed by atoms with van der Waals surface area (Å²) < 4.78 is 10.8. The number of anilines is 1. The van der Waals surface area contributed by atoms with Gasteiger partial charge in [-0.1, -0.05) is 67.4 Å². The second-order valence-electron chi connectivity index (χ2n) is 8.89. The minimum Gasteiger partial charge on any atom is -0.507 e. The van der Waals surface area contributed by atoms with Gasteiger partial charge in [-0.25, -0.2) is 0 Å². The number of hydrogen-bond donors (Lipinski definition) is 1. The zero-order valence-corrected chi connectivity index (χ0v) is 22.4. The van der Waals surface area contributed by atoms with Gasteiger partial charge in [0.25, 0.3) is 11.7 Å². The van der Waals surface area contributed by atoms with Crippen molar-refractivity contribution < 1.29 is 24.2 Å². The van der Waals surface area contributed by atoms with Gasteiger partial charge in [-0.15, -0.1) is 0 Å². The summed E-state index contributed by atoms with van der Waals surface area (Å²) >= 11 is 12.6. The van der Waals surface area contributed by atoms with E-state index in [4.69, 9.17) is 32.7 Å². The maximum Gasteiger partial charge on any atom is 0.300 e. The van der Waals surface area contributed by atoms with Crippen LogP contribution in [0, 0.1) is 0 Å². The van der Waals surface area contributed by atoms with Gasteiger partial charge in [-0.05, 0) is 48.2 Å². The number of ether oxygens (including phenoxy) is 2. The lowest BCUT2D eigenvalue weighted by Crippen LogP contribution is -2.29. The highest BCUT2D eigenvalue weighted by molar-refractivity contribution is 6.51. The molecule has 3 aromatic carbocycles.